The maximum atomic E-state index is 13.9. The van der Waals surface area contributed by atoms with Gasteiger partial charge < -0.3 is 24.7 Å². The van der Waals surface area contributed by atoms with Crippen molar-refractivity contribution in [1.29, 1.82) is 0 Å². The molecule has 9 rings (SSSR count). The zero-order valence-corrected chi connectivity index (χ0v) is 34.5. The van der Waals surface area contributed by atoms with Crippen molar-refractivity contribution in [2.24, 2.45) is 5.41 Å². The molecule has 5 aromatic rings. The Bertz CT molecular complexity index is 2370. The van der Waals surface area contributed by atoms with Crippen LogP contribution < -0.4 is 19.7 Å². The van der Waals surface area contributed by atoms with E-state index in [9.17, 15) is 14.9 Å². The average molecular weight is 834 g/mol. The van der Waals surface area contributed by atoms with Crippen LogP contribution in [-0.2, 0) is 4.74 Å². The molecule has 1 saturated carbocycles. The van der Waals surface area contributed by atoms with Gasteiger partial charge >= 0.3 is 0 Å². The summed E-state index contributed by atoms with van der Waals surface area (Å²) in [5.74, 6) is 0.515. The van der Waals surface area contributed by atoms with Crippen LogP contribution in [0.2, 0.25) is 5.02 Å². The third-order valence-electron chi connectivity index (χ3n) is 12.5. The number of halogens is 1. The van der Waals surface area contributed by atoms with Crippen LogP contribution in [0.15, 0.2) is 95.7 Å². The van der Waals surface area contributed by atoms with Gasteiger partial charge in [-0.1, -0.05) is 35.7 Å². The van der Waals surface area contributed by atoms with E-state index < -0.39 is 4.92 Å². The summed E-state index contributed by atoms with van der Waals surface area (Å²) < 4.78 is 14.8. The summed E-state index contributed by atoms with van der Waals surface area (Å²) in [6, 6.07) is 23.0. The van der Waals surface area contributed by atoms with Crippen molar-refractivity contribution in [3.05, 3.63) is 117 Å². The van der Waals surface area contributed by atoms with Crippen LogP contribution in [0.25, 0.3) is 16.6 Å². The van der Waals surface area contributed by atoms with Gasteiger partial charge in [-0.25, -0.2) is 4.98 Å². The number of aromatic nitrogens is 2. The largest absolute Gasteiger partial charge is 0.455 e. The van der Waals surface area contributed by atoms with Crippen LogP contribution in [0.4, 0.5) is 17.1 Å². The molecule has 4 aliphatic rings. The Morgan fingerprint density at radius 2 is 1.83 bits per heavy atom. The molecule has 3 N–H and O–H groups in total. The maximum Gasteiger partial charge on any atom is 0.293 e. The lowest BCUT2D eigenvalue weighted by Gasteiger charge is -2.47. The van der Waals surface area contributed by atoms with Crippen molar-refractivity contribution < 1.29 is 19.2 Å². The van der Waals surface area contributed by atoms with E-state index in [1.54, 1.807) is 30.0 Å². The van der Waals surface area contributed by atoms with E-state index in [2.05, 4.69) is 41.9 Å². The lowest BCUT2D eigenvalue weighted by molar-refractivity contribution is -0.384. The Balaban J connectivity index is 0.904. The smallest absolute Gasteiger partial charge is 0.293 e. The number of nitrogens with one attached hydrogen (secondary N) is 3. The number of fused-ring (bicyclic) bond motifs is 1. The second-order valence-corrected chi connectivity index (χ2v) is 17.6. The highest BCUT2D eigenvalue weighted by Gasteiger charge is 2.41. The van der Waals surface area contributed by atoms with Gasteiger partial charge in [-0.2, -0.15) is 0 Å². The zero-order chi connectivity index (χ0) is 40.3. The maximum absolute atomic E-state index is 13.9. The molecule has 0 radical (unpaired) electrons. The number of aromatic amines is 1. The molecule has 2 saturated heterocycles. The fourth-order valence-electron chi connectivity index (χ4n) is 8.98. The molecule has 12 nitrogen and oxygen atoms in total. The number of nitrogens with zero attached hydrogens (tertiary/aromatic N) is 4. The molecule has 3 aromatic carbocycles. The van der Waals surface area contributed by atoms with Gasteiger partial charge in [-0.3, -0.25) is 24.5 Å². The number of carbonyl (C=O) groups is 1. The van der Waals surface area contributed by atoms with Gasteiger partial charge in [0.05, 0.1) is 16.7 Å². The van der Waals surface area contributed by atoms with Crippen LogP contribution in [-0.4, -0.2) is 77.7 Å². The molecule has 59 heavy (non-hydrogen) atoms. The number of piperazine rings is 1. The third kappa shape index (κ3) is 8.94. The molecule has 0 bridgehead atoms. The van der Waals surface area contributed by atoms with Crippen molar-refractivity contribution >= 4 is 63.1 Å². The minimum Gasteiger partial charge on any atom is -0.455 e. The fraction of sp³-hybridized carbons (Fsp3) is 0.378. The normalized spacial score (nSPS) is 18.5. The summed E-state index contributed by atoms with van der Waals surface area (Å²) in [4.78, 5) is 38.6. The summed E-state index contributed by atoms with van der Waals surface area (Å²) in [7, 11) is 0. The van der Waals surface area contributed by atoms with Gasteiger partial charge in [0.2, 0.25) is 0 Å². The third-order valence-corrected chi connectivity index (χ3v) is 13.5. The van der Waals surface area contributed by atoms with Gasteiger partial charge in [-0.15, -0.1) is 0 Å². The van der Waals surface area contributed by atoms with Crippen molar-refractivity contribution in [3.63, 3.8) is 0 Å². The molecule has 2 aromatic heterocycles. The first-order valence-corrected chi connectivity index (χ1v) is 21.8. The van der Waals surface area contributed by atoms with Gasteiger partial charge in [0.1, 0.15) is 22.8 Å². The lowest BCUT2D eigenvalue weighted by atomic mass is 9.59. The summed E-state index contributed by atoms with van der Waals surface area (Å²) in [5, 5.41) is 17.0. The first-order chi connectivity index (χ1) is 28.8. The highest BCUT2D eigenvalue weighted by molar-refractivity contribution is 7.98. The van der Waals surface area contributed by atoms with E-state index in [1.165, 1.54) is 42.9 Å². The van der Waals surface area contributed by atoms with Gasteiger partial charge in [0.15, 0.2) is 0 Å². The number of hydrogen-bond acceptors (Lipinski definition) is 10. The monoisotopic (exact) mass is 833 g/mol. The number of allylic oxidation sites excluding steroid dienone is 1. The number of H-pyrrole nitrogens is 1. The molecule has 4 heterocycles. The predicted octanol–water partition coefficient (Wildman–Crippen LogP) is 9.87. The van der Waals surface area contributed by atoms with Crippen molar-refractivity contribution in [2.75, 3.05) is 56.2 Å². The molecule has 3 fully saturated rings. The van der Waals surface area contributed by atoms with E-state index in [0.717, 1.165) is 92.1 Å². The van der Waals surface area contributed by atoms with Crippen LogP contribution in [0.1, 0.15) is 67.3 Å². The molecule has 306 valence electrons. The molecule has 1 spiro atoms. The zero-order valence-electron chi connectivity index (χ0n) is 32.9. The Morgan fingerprint density at radius 1 is 1.02 bits per heavy atom. The Hall–Kier alpha value is -5.08. The number of hydrogen-bond donors (Lipinski definition) is 3. The van der Waals surface area contributed by atoms with Crippen molar-refractivity contribution in [2.45, 2.75) is 62.3 Å². The SMILES string of the molecule is O=C(NSc1ccc(NC2CCOCC2)c([N+](=O)[O-])c1)c1ccc(N2CCN(CC3=C(c4ccc(Cl)cc4)CC4(CCC4)CC3)CC2)cc1Oc1cnc2[nH]ccc2c1. The Morgan fingerprint density at radius 3 is 2.59 bits per heavy atom. The average Bonchev–Trinajstić information content (AvgIpc) is 3.72. The van der Waals surface area contributed by atoms with E-state index in [-0.39, 0.29) is 17.6 Å². The Kier molecular flexibility index (Phi) is 11.5. The summed E-state index contributed by atoms with van der Waals surface area (Å²) >= 11 is 7.31. The topological polar surface area (TPSA) is 138 Å². The summed E-state index contributed by atoms with van der Waals surface area (Å²) in [6.45, 7) is 5.73. The molecule has 2 aliphatic heterocycles. The van der Waals surface area contributed by atoms with E-state index >= 15 is 0 Å². The number of carbonyl (C=O) groups excluding carboxylic acids is 1. The molecule has 0 atom stereocenters. The van der Waals surface area contributed by atoms with Crippen molar-refractivity contribution in [3.8, 4) is 11.5 Å². The number of pyridine rings is 1. The first-order valence-electron chi connectivity index (χ1n) is 20.6. The quantitative estimate of drug-likeness (QED) is 0.0633. The number of nitro benzene ring substituents is 1. The number of rotatable bonds is 12. The highest BCUT2D eigenvalue weighted by Crippen LogP contribution is 2.55. The molecule has 1 amide bonds. The second-order valence-electron chi connectivity index (χ2n) is 16.3. The number of ether oxygens (including phenoxy) is 2. The van der Waals surface area contributed by atoms with Crippen molar-refractivity contribution in [1.82, 2.24) is 19.6 Å². The van der Waals surface area contributed by atoms with E-state index in [1.807, 2.05) is 42.6 Å². The van der Waals surface area contributed by atoms with Crippen LogP contribution in [0.5, 0.6) is 11.5 Å². The van der Waals surface area contributed by atoms with E-state index in [0.29, 0.717) is 46.3 Å². The minimum atomic E-state index is -0.400. The number of amides is 1. The second kappa shape index (κ2) is 17.3. The first kappa shape index (κ1) is 39.4. The minimum absolute atomic E-state index is 0.0450. The van der Waals surface area contributed by atoms with Gasteiger partial charge in [-0.05, 0) is 122 Å². The highest BCUT2D eigenvalue weighted by atomic mass is 35.5. The molecular formula is C45H48ClN7O5S. The van der Waals surface area contributed by atoms with Crippen LogP contribution >= 0.6 is 23.5 Å². The summed E-state index contributed by atoms with van der Waals surface area (Å²) in [6.07, 6.45) is 12.7. The van der Waals surface area contributed by atoms with Gasteiger partial charge in [0, 0.05) is 91.3 Å². The summed E-state index contributed by atoms with van der Waals surface area (Å²) in [5.41, 5.74) is 7.33. The number of nitro groups is 1. The molecule has 14 heteroatoms. The predicted molar refractivity (Wildman–Crippen MR) is 234 cm³/mol. The lowest BCUT2D eigenvalue weighted by Crippen LogP contribution is -2.47. The number of benzene rings is 3. The van der Waals surface area contributed by atoms with Crippen LogP contribution in [0.3, 0.4) is 0 Å². The Labute approximate surface area is 353 Å². The van der Waals surface area contributed by atoms with Gasteiger partial charge in [0.25, 0.3) is 11.6 Å². The fourth-order valence-corrected chi connectivity index (χ4v) is 9.73. The molecular weight excluding hydrogens is 786 g/mol. The van der Waals surface area contributed by atoms with E-state index in [4.69, 9.17) is 21.1 Å². The van der Waals surface area contributed by atoms with Crippen LogP contribution in [0, 0.1) is 15.5 Å². The molecule has 0 unspecified atom stereocenters. The molecule has 2 aliphatic carbocycles. The standard InChI is InChI=1S/C45H48ClN7O5S/c46-33-4-2-30(3-5-33)39-27-45(14-1-15-45)16-10-32(39)29-51-18-20-52(21-19-51)35-6-8-38(42(25-35)58-36-24-31-11-17-47-43(31)48-28-36)44(54)50-59-37-7-9-40(41(26-37)53(55)56)49-34-12-22-57-23-13-34/h2-9,11,17,24-26,28,34,49H,1,10,12-16,18-23,27,29H2,(H,47,48)(H,50,54). The number of anilines is 2.